The molecule has 12 heteroatoms. The smallest absolute Gasteiger partial charge is 0.374 e. The number of nitrogens with zero attached hydrogens (tertiary/aromatic N) is 1. The molecule has 1 aromatic rings. The van der Waals surface area contributed by atoms with Crippen LogP contribution in [-0.4, -0.2) is 59.2 Å². The zero-order valence-electron chi connectivity index (χ0n) is 17.9. The predicted octanol–water partition coefficient (Wildman–Crippen LogP) is -0.297. The quantitative estimate of drug-likeness (QED) is 0.274. The monoisotopic (exact) mass is 442 g/mol. The number of hydrogen-bond acceptors (Lipinski definition) is 10. The highest BCUT2D eigenvalue weighted by atomic mass is 16.6. The molecule has 1 N–H and O–H groups in total. The molecule has 0 spiro atoms. The largest absolute Gasteiger partial charge is 0.457 e. The van der Waals surface area contributed by atoms with Crippen LogP contribution >= 0.6 is 0 Å². The molecule has 0 fully saturated rings. The highest BCUT2D eigenvalue weighted by Gasteiger charge is 2.38. The molecule has 1 aromatic heterocycles. The van der Waals surface area contributed by atoms with Crippen LogP contribution in [0, 0.1) is 5.92 Å². The van der Waals surface area contributed by atoms with Crippen LogP contribution in [0.2, 0.25) is 0 Å². The predicted molar refractivity (Wildman–Crippen MR) is 104 cm³/mol. The van der Waals surface area contributed by atoms with Gasteiger partial charge in [0.1, 0.15) is 12.7 Å². The summed E-state index contributed by atoms with van der Waals surface area (Å²) in [4.78, 5) is 72.7. The summed E-state index contributed by atoms with van der Waals surface area (Å²) >= 11 is 0. The second kappa shape index (κ2) is 11.8. The van der Waals surface area contributed by atoms with Crippen molar-refractivity contribution in [1.82, 2.24) is 9.55 Å². The number of ether oxygens (including phenoxy) is 4. The Morgan fingerprint density at radius 1 is 1.06 bits per heavy atom. The third-order valence-corrected chi connectivity index (χ3v) is 3.86. The summed E-state index contributed by atoms with van der Waals surface area (Å²) in [5, 5.41) is 0. The number of ketones is 1. The molecule has 0 saturated carbocycles. The Balaban J connectivity index is 3.24. The molecule has 31 heavy (non-hydrogen) atoms. The summed E-state index contributed by atoms with van der Waals surface area (Å²) in [6, 6.07) is 0.995. The number of aromatic amines is 1. The molecule has 1 rings (SSSR count). The lowest BCUT2D eigenvalue weighted by Crippen LogP contribution is -2.47. The minimum atomic E-state index is -1.57. The molecule has 1 heterocycles. The first-order valence-electron chi connectivity index (χ1n) is 9.34. The lowest BCUT2D eigenvalue weighted by atomic mass is 10.1. The average molecular weight is 442 g/mol. The number of methoxy groups -OCH3 is 1. The summed E-state index contributed by atoms with van der Waals surface area (Å²) in [5.41, 5.74) is -1.65. The molecular formula is C19H26N2O10. The lowest BCUT2D eigenvalue weighted by Gasteiger charge is -2.31. The number of rotatable bonds is 11. The van der Waals surface area contributed by atoms with Gasteiger partial charge in [-0.15, -0.1) is 0 Å². The van der Waals surface area contributed by atoms with E-state index in [9.17, 15) is 28.8 Å². The number of carbonyl (C=O) groups is 4. The van der Waals surface area contributed by atoms with Gasteiger partial charge in [-0.3, -0.25) is 28.7 Å². The van der Waals surface area contributed by atoms with E-state index in [1.54, 1.807) is 13.8 Å². The number of nitrogens with one attached hydrogen (secondary N) is 1. The van der Waals surface area contributed by atoms with Crippen LogP contribution in [0.3, 0.4) is 0 Å². The van der Waals surface area contributed by atoms with Crippen molar-refractivity contribution < 1.29 is 38.1 Å². The van der Waals surface area contributed by atoms with E-state index in [0.717, 1.165) is 30.7 Å². The lowest BCUT2D eigenvalue weighted by molar-refractivity contribution is -0.193. The van der Waals surface area contributed by atoms with Gasteiger partial charge in [-0.2, -0.15) is 0 Å². The Morgan fingerprint density at radius 3 is 2.16 bits per heavy atom. The van der Waals surface area contributed by atoms with Crippen molar-refractivity contribution in [3.8, 4) is 0 Å². The Hall–Kier alpha value is -3.28. The summed E-state index contributed by atoms with van der Waals surface area (Å²) in [7, 11) is 1.20. The maximum Gasteiger partial charge on any atom is 0.374 e. The van der Waals surface area contributed by atoms with E-state index in [2.05, 4.69) is 0 Å². The van der Waals surface area contributed by atoms with Gasteiger partial charge in [-0.1, -0.05) is 13.8 Å². The van der Waals surface area contributed by atoms with Crippen LogP contribution in [0.4, 0.5) is 0 Å². The molecule has 0 aliphatic carbocycles. The van der Waals surface area contributed by atoms with Crippen LogP contribution in [-0.2, 0) is 38.1 Å². The van der Waals surface area contributed by atoms with Crippen molar-refractivity contribution in [3.63, 3.8) is 0 Å². The van der Waals surface area contributed by atoms with Crippen LogP contribution in [0.1, 0.15) is 40.3 Å². The van der Waals surface area contributed by atoms with Gasteiger partial charge < -0.3 is 18.9 Å². The molecular weight excluding hydrogens is 416 g/mol. The maximum atomic E-state index is 12.2. The minimum Gasteiger partial charge on any atom is -0.457 e. The number of hydrogen-bond donors (Lipinski definition) is 1. The van der Waals surface area contributed by atoms with Crippen LogP contribution < -0.4 is 11.2 Å². The van der Waals surface area contributed by atoms with Crippen molar-refractivity contribution in [3.05, 3.63) is 33.1 Å². The molecule has 0 radical (unpaired) electrons. The van der Waals surface area contributed by atoms with Gasteiger partial charge in [0.15, 0.2) is 6.10 Å². The summed E-state index contributed by atoms with van der Waals surface area (Å²) in [6.45, 7) is 5.09. The Kier molecular flexibility index (Phi) is 9.80. The Labute approximate surface area is 177 Å². The molecule has 0 aromatic carbocycles. The van der Waals surface area contributed by atoms with Gasteiger partial charge in [-0.25, -0.2) is 9.59 Å². The van der Waals surface area contributed by atoms with E-state index < -0.39 is 60.0 Å². The molecule has 0 amide bonds. The third-order valence-electron chi connectivity index (χ3n) is 3.86. The van der Waals surface area contributed by atoms with Crippen molar-refractivity contribution in [2.24, 2.45) is 5.92 Å². The molecule has 12 nitrogen and oxygen atoms in total. The van der Waals surface area contributed by atoms with Crippen LogP contribution in [0.15, 0.2) is 21.9 Å². The highest BCUT2D eigenvalue weighted by molar-refractivity contribution is 6.33. The van der Waals surface area contributed by atoms with Gasteiger partial charge >= 0.3 is 23.6 Å². The van der Waals surface area contributed by atoms with Crippen LogP contribution in [0.5, 0.6) is 0 Å². The zero-order chi connectivity index (χ0) is 23.7. The van der Waals surface area contributed by atoms with Gasteiger partial charge in [0.2, 0.25) is 12.0 Å². The molecule has 3 atom stereocenters. The molecule has 0 aliphatic rings. The Bertz CT molecular complexity index is 917. The second-order valence-corrected chi connectivity index (χ2v) is 6.99. The average Bonchev–Trinajstić information content (AvgIpc) is 2.64. The van der Waals surface area contributed by atoms with Gasteiger partial charge in [0, 0.05) is 39.6 Å². The number of Topliss-reactive ketones (excluding diaryl/α,β-unsaturated/α-hetero) is 1. The van der Waals surface area contributed by atoms with Crippen molar-refractivity contribution in [1.29, 1.82) is 0 Å². The number of esters is 3. The normalized spacial score (nSPS) is 13.7. The Morgan fingerprint density at radius 2 is 1.68 bits per heavy atom. The van der Waals surface area contributed by atoms with E-state index in [1.807, 2.05) is 4.98 Å². The fourth-order valence-corrected chi connectivity index (χ4v) is 2.58. The summed E-state index contributed by atoms with van der Waals surface area (Å²) in [6.07, 6.45) is -3.25. The fourth-order valence-electron chi connectivity index (χ4n) is 2.58. The van der Waals surface area contributed by atoms with Gasteiger partial charge in [-0.05, 0) is 5.92 Å². The first-order valence-corrected chi connectivity index (χ1v) is 9.34. The number of carbonyl (C=O) groups excluding carboxylic acids is 4. The molecule has 0 bridgehead atoms. The fraction of sp³-hybridized carbons (Fsp3) is 0.579. The number of H-pyrrole nitrogens is 1. The van der Waals surface area contributed by atoms with Crippen molar-refractivity contribution >= 4 is 23.7 Å². The van der Waals surface area contributed by atoms with Gasteiger partial charge in [0.25, 0.3) is 5.56 Å². The van der Waals surface area contributed by atoms with E-state index >= 15 is 0 Å². The van der Waals surface area contributed by atoms with E-state index in [1.165, 1.54) is 7.11 Å². The molecule has 172 valence electrons. The first kappa shape index (κ1) is 25.8. The summed E-state index contributed by atoms with van der Waals surface area (Å²) in [5.74, 6) is -3.57. The van der Waals surface area contributed by atoms with Crippen molar-refractivity contribution in [2.45, 2.75) is 52.6 Å². The standard InChI is InChI=1S/C19H26N2O10/c1-10(2)8-13(24)18(26)29-9-14(28-5)16(30-11(3)22)17(31-12(4)23)21-7-6-15(25)20-19(21)27/h6-7,10,14,16-17H,8-9H2,1-5H3,(H,20,25,27). The first-order chi connectivity index (χ1) is 14.5. The highest BCUT2D eigenvalue weighted by Crippen LogP contribution is 2.21. The van der Waals surface area contributed by atoms with Crippen LogP contribution in [0.25, 0.3) is 0 Å². The SMILES string of the molecule is COC(COC(=O)C(=O)CC(C)C)C(OC(C)=O)C(OC(C)=O)n1ccc(=O)[nH]c1=O. The van der Waals surface area contributed by atoms with Gasteiger partial charge in [0.05, 0.1) is 0 Å². The molecule has 0 saturated heterocycles. The van der Waals surface area contributed by atoms with E-state index in [0.29, 0.717) is 0 Å². The second-order valence-electron chi connectivity index (χ2n) is 6.99. The summed E-state index contributed by atoms with van der Waals surface area (Å²) < 4.78 is 21.4. The topological polar surface area (TPSA) is 160 Å². The van der Waals surface area contributed by atoms with Crippen molar-refractivity contribution in [2.75, 3.05) is 13.7 Å². The van der Waals surface area contributed by atoms with E-state index in [-0.39, 0.29) is 12.3 Å². The molecule has 3 unspecified atom stereocenters. The number of aromatic nitrogens is 2. The molecule has 0 aliphatic heterocycles. The third kappa shape index (κ3) is 8.16. The van der Waals surface area contributed by atoms with E-state index in [4.69, 9.17) is 18.9 Å². The zero-order valence-corrected chi connectivity index (χ0v) is 17.9. The minimum absolute atomic E-state index is 0.0211. The maximum absolute atomic E-state index is 12.2.